The Morgan fingerprint density at radius 3 is 2.74 bits per heavy atom. The molecule has 2 aromatic rings. The van der Waals surface area contributed by atoms with Gasteiger partial charge in [0.15, 0.2) is 0 Å². The largest absolute Gasteiger partial charge is 0.496 e. The molecule has 0 fully saturated rings. The Kier molecular flexibility index (Phi) is 3.66. The van der Waals surface area contributed by atoms with Gasteiger partial charge in [0.05, 0.1) is 12.7 Å². The van der Waals surface area contributed by atoms with E-state index in [-0.39, 0.29) is 5.56 Å². The lowest BCUT2D eigenvalue weighted by atomic mass is 10.1. The third-order valence-electron chi connectivity index (χ3n) is 2.72. The highest BCUT2D eigenvalue weighted by Gasteiger charge is 2.08. The fourth-order valence-corrected chi connectivity index (χ4v) is 1.87. The number of rotatable bonds is 4. The molecule has 0 aliphatic rings. The van der Waals surface area contributed by atoms with Crippen LogP contribution in [0.3, 0.4) is 0 Å². The van der Waals surface area contributed by atoms with E-state index in [1.807, 2.05) is 24.3 Å². The topological polar surface area (TPSA) is 79.4 Å². The Labute approximate surface area is 109 Å². The molecule has 98 valence electrons. The van der Waals surface area contributed by atoms with Crippen LogP contribution in [-0.4, -0.2) is 23.2 Å². The van der Waals surface area contributed by atoms with Crippen LogP contribution in [0.1, 0.15) is 21.6 Å². The van der Waals surface area contributed by atoms with Gasteiger partial charge < -0.3 is 14.8 Å². The van der Waals surface area contributed by atoms with Crippen LogP contribution in [0.2, 0.25) is 0 Å². The molecule has 0 amide bonds. The number of carboxylic acids is 1. The SMILES string of the molecule is COc1ccccc1Cc1cc(C(=O)O)cc(=O)[nH]1. The molecule has 0 saturated carbocycles. The number of carboxylic acid groups (broad SMARTS) is 1. The summed E-state index contributed by atoms with van der Waals surface area (Å²) < 4.78 is 5.22. The van der Waals surface area contributed by atoms with E-state index in [1.165, 1.54) is 6.07 Å². The van der Waals surface area contributed by atoms with Crippen molar-refractivity contribution in [3.63, 3.8) is 0 Å². The van der Waals surface area contributed by atoms with Crippen molar-refractivity contribution in [2.75, 3.05) is 7.11 Å². The fraction of sp³-hybridized carbons (Fsp3) is 0.143. The van der Waals surface area contributed by atoms with Gasteiger partial charge in [-0.2, -0.15) is 0 Å². The summed E-state index contributed by atoms with van der Waals surface area (Å²) in [5, 5.41) is 8.92. The van der Waals surface area contributed by atoms with E-state index in [2.05, 4.69) is 4.98 Å². The number of pyridine rings is 1. The zero-order chi connectivity index (χ0) is 13.8. The Bertz CT molecular complexity index is 660. The molecule has 1 aromatic heterocycles. The van der Waals surface area contributed by atoms with E-state index < -0.39 is 11.5 Å². The monoisotopic (exact) mass is 259 g/mol. The van der Waals surface area contributed by atoms with Crippen molar-refractivity contribution in [2.45, 2.75) is 6.42 Å². The summed E-state index contributed by atoms with van der Waals surface area (Å²) in [4.78, 5) is 24.9. The number of benzene rings is 1. The summed E-state index contributed by atoms with van der Waals surface area (Å²) >= 11 is 0. The van der Waals surface area contributed by atoms with Gasteiger partial charge in [0, 0.05) is 18.2 Å². The summed E-state index contributed by atoms with van der Waals surface area (Å²) in [6.07, 6.45) is 0.403. The number of aromatic nitrogens is 1. The van der Waals surface area contributed by atoms with Gasteiger partial charge in [-0.25, -0.2) is 4.79 Å². The fourth-order valence-electron chi connectivity index (χ4n) is 1.87. The van der Waals surface area contributed by atoms with E-state index in [0.717, 1.165) is 11.6 Å². The third kappa shape index (κ3) is 3.01. The molecule has 0 radical (unpaired) electrons. The lowest BCUT2D eigenvalue weighted by Crippen LogP contribution is -2.12. The normalized spacial score (nSPS) is 10.2. The van der Waals surface area contributed by atoms with Crippen molar-refractivity contribution in [1.29, 1.82) is 0 Å². The number of carbonyl (C=O) groups is 1. The third-order valence-corrected chi connectivity index (χ3v) is 2.72. The average Bonchev–Trinajstić information content (AvgIpc) is 2.38. The number of para-hydroxylation sites is 1. The Morgan fingerprint density at radius 2 is 2.05 bits per heavy atom. The molecule has 0 unspecified atom stereocenters. The van der Waals surface area contributed by atoms with Gasteiger partial charge in [-0.05, 0) is 17.7 Å². The Balaban J connectivity index is 2.38. The van der Waals surface area contributed by atoms with Gasteiger partial charge in [-0.15, -0.1) is 0 Å². The maximum absolute atomic E-state index is 11.4. The summed E-state index contributed by atoms with van der Waals surface area (Å²) in [6, 6.07) is 9.90. The van der Waals surface area contributed by atoms with Crippen molar-refractivity contribution in [2.24, 2.45) is 0 Å². The first-order valence-corrected chi connectivity index (χ1v) is 5.68. The van der Waals surface area contributed by atoms with Gasteiger partial charge in [-0.3, -0.25) is 4.79 Å². The number of hydrogen-bond donors (Lipinski definition) is 2. The molecule has 0 aliphatic carbocycles. The van der Waals surface area contributed by atoms with Crippen molar-refractivity contribution in [3.8, 4) is 5.75 Å². The summed E-state index contributed by atoms with van der Waals surface area (Å²) in [5.74, 6) is -0.420. The molecule has 0 aliphatic heterocycles. The summed E-state index contributed by atoms with van der Waals surface area (Å²) in [6.45, 7) is 0. The zero-order valence-corrected chi connectivity index (χ0v) is 10.3. The zero-order valence-electron chi connectivity index (χ0n) is 10.3. The average molecular weight is 259 g/mol. The Morgan fingerprint density at radius 1 is 1.32 bits per heavy atom. The van der Waals surface area contributed by atoms with E-state index in [9.17, 15) is 9.59 Å². The van der Waals surface area contributed by atoms with Crippen LogP contribution < -0.4 is 10.3 Å². The molecule has 2 rings (SSSR count). The maximum Gasteiger partial charge on any atom is 0.335 e. The second-order valence-corrected chi connectivity index (χ2v) is 4.05. The molecule has 1 heterocycles. The minimum absolute atomic E-state index is 0.0198. The Hall–Kier alpha value is -2.56. The molecule has 0 spiro atoms. The summed E-state index contributed by atoms with van der Waals surface area (Å²) in [7, 11) is 1.56. The van der Waals surface area contributed by atoms with Crippen LogP contribution in [0.15, 0.2) is 41.2 Å². The van der Waals surface area contributed by atoms with Crippen molar-refractivity contribution < 1.29 is 14.6 Å². The van der Waals surface area contributed by atoms with Crippen LogP contribution in [0.4, 0.5) is 0 Å². The predicted octanol–water partition coefficient (Wildman–Crippen LogP) is 1.67. The highest BCUT2D eigenvalue weighted by atomic mass is 16.5. The van der Waals surface area contributed by atoms with E-state index >= 15 is 0 Å². The first-order chi connectivity index (χ1) is 9.10. The smallest absolute Gasteiger partial charge is 0.335 e. The quantitative estimate of drug-likeness (QED) is 0.875. The van der Waals surface area contributed by atoms with E-state index in [1.54, 1.807) is 7.11 Å². The van der Waals surface area contributed by atoms with Gasteiger partial charge in [0.1, 0.15) is 5.75 Å². The molecule has 0 atom stereocenters. The first kappa shape index (κ1) is 12.9. The first-order valence-electron chi connectivity index (χ1n) is 5.68. The molecule has 0 saturated heterocycles. The minimum Gasteiger partial charge on any atom is -0.496 e. The molecule has 1 aromatic carbocycles. The lowest BCUT2D eigenvalue weighted by Gasteiger charge is -2.08. The molecule has 0 bridgehead atoms. The second-order valence-electron chi connectivity index (χ2n) is 4.05. The van der Waals surface area contributed by atoms with Crippen LogP contribution in [0, 0.1) is 0 Å². The number of aromatic carboxylic acids is 1. The van der Waals surface area contributed by atoms with Crippen molar-refractivity contribution in [3.05, 3.63) is 63.6 Å². The molecule has 5 nitrogen and oxygen atoms in total. The molecule has 5 heteroatoms. The molecule has 2 N–H and O–H groups in total. The van der Waals surface area contributed by atoms with Crippen LogP contribution in [-0.2, 0) is 6.42 Å². The predicted molar refractivity (Wildman–Crippen MR) is 69.8 cm³/mol. The van der Waals surface area contributed by atoms with Gasteiger partial charge in [0.25, 0.3) is 0 Å². The molecule has 19 heavy (non-hydrogen) atoms. The van der Waals surface area contributed by atoms with Gasteiger partial charge in [0.2, 0.25) is 5.56 Å². The number of H-pyrrole nitrogens is 1. The van der Waals surface area contributed by atoms with Crippen LogP contribution in [0.25, 0.3) is 0 Å². The maximum atomic E-state index is 11.4. The van der Waals surface area contributed by atoms with Crippen molar-refractivity contribution >= 4 is 5.97 Å². The lowest BCUT2D eigenvalue weighted by molar-refractivity contribution is 0.0696. The minimum atomic E-state index is -1.12. The van der Waals surface area contributed by atoms with Gasteiger partial charge in [-0.1, -0.05) is 18.2 Å². The van der Waals surface area contributed by atoms with Crippen LogP contribution in [0.5, 0.6) is 5.75 Å². The second kappa shape index (κ2) is 5.39. The number of aromatic amines is 1. The molecular weight excluding hydrogens is 246 g/mol. The number of nitrogens with one attached hydrogen (secondary N) is 1. The van der Waals surface area contributed by atoms with E-state index in [4.69, 9.17) is 9.84 Å². The number of methoxy groups -OCH3 is 1. The molecular formula is C14H13NO4. The van der Waals surface area contributed by atoms with Crippen LogP contribution >= 0.6 is 0 Å². The highest BCUT2D eigenvalue weighted by molar-refractivity contribution is 5.87. The standard InChI is InChI=1S/C14H13NO4/c1-19-12-5-3-2-4-9(12)6-11-7-10(14(17)18)8-13(16)15-11/h2-5,7-8H,6H2,1H3,(H,15,16)(H,17,18). The highest BCUT2D eigenvalue weighted by Crippen LogP contribution is 2.20. The van der Waals surface area contributed by atoms with Crippen molar-refractivity contribution in [1.82, 2.24) is 4.98 Å². The van der Waals surface area contributed by atoms with Gasteiger partial charge >= 0.3 is 5.97 Å². The van der Waals surface area contributed by atoms with E-state index in [0.29, 0.717) is 17.9 Å². The number of hydrogen-bond acceptors (Lipinski definition) is 3. The summed E-state index contributed by atoms with van der Waals surface area (Å²) in [5.41, 5.74) is 0.969. The number of ether oxygens (including phenoxy) is 1.